The second kappa shape index (κ2) is 11.1. The van der Waals surface area contributed by atoms with Crippen LogP contribution in [0.5, 0.6) is 0 Å². The molecule has 0 aliphatic heterocycles. The molecule has 4 nitrogen and oxygen atoms in total. The largest absolute Gasteiger partial charge is 1.00 e. The number of aliphatic carboxylic acids is 1. The van der Waals surface area contributed by atoms with Crippen LogP contribution in [0.25, 0.3) is 35.2 Å². The van der Waals surface area contributed by atoms with Gasteiger partial charge in [0.15, 0.2) is 0 Å². The van der Waals surface area contributed by atoms with Gasteiger partial charge in [-0.2, -0.15) is 0 Å². The van der Waals surface area contributed by atoms with Crippen LogP contribution in [0.1, 0.15) is 46.5 Å². The Morgan fingerprint density at radius 1 is 1.03 bits per heavy atom. The molecule has 0 N–H and O–H groups in total. The van der Waals surface area contributed by atoms with Gasteiger partial charge < -0.3 is 14.6 Å². The summed E-state index contributed by atoms with van der Waals surface area (Å²) in [7, 11) is 0. The van der Waals surface area contributed by atoms with Crippen molar-refractivity contribution >= 4 is 52.8 Å². The molecule has 1 aromatic heterocycles. The molecule has 0 bridgehead atoms. The van der Waals surface area contributed by atoms with Crippen molar-refractivity contribution in [1.29, 1.82) is 0 Å². The summed E-state index contributed by atoms with van der Waals surface area (Å²) in [5.41, 5.74) is 5.84. The van der Waals surface area contributed by atoms with Crippen molar-refractivity contribution in [2.45, 2.75) is 19.1 Å². The van der Waals surface area contributed by atoms with Gasteiger partial charge in [0.05, 0.1) is 28.3 Å². The van der Waals surface area contributed by atoms with E-state index in [0.717, 1.165) is 27.8 Å². The first-order chi connectivity index (χ1) is 16.9. The number of nitrogens with zero attached hydrogens (tertiary/aromatic N) is 1. The molecule has 0 saturated heterocycles. The fourth-order valence-electron chi connectivity index (χ4n) is 4.14. The second-order valence-electron chi connectivity index (χ2n) is 8.36. The monoisotopic (exact) mass is 507 g/mol. The molecular weight excluding hydrogens is 488 g/mol. The number of rotatable bonds is 5. The molecule has 1 heterocycles. The van der Waals surface area contributed by atoms with Gasteiger partial charge >= 0.3 is 29.6 Å². The Morgan fingerprint density at radius 2 is 1.78 bits per heavy atom. The summed E-state index contributed by atoms with van der Waals surface area (Å²) in [6.07, 6.45) is 6.12. The zero-order valence-corrected chi connectivity index (χ0v) is 22.5. The van der Waals surface area contributed by atoms with Crippen molar-refractivity contribution in [3.05, 3.63) is 111 Å². The Bertz CT molecular complexity index is 1520. The molecular formula is C29H20ClFNNaO3. The molecule has 0 spiro atoms. The molecule has 3 aromatic carbocycles. The molecule has 1 aliphatic carbocycles. The molecule has 2 atom stereocenters. The van der Waals surface area contributed by atoms with Crippen molar-refractivity contribution in [1.82, 2.24) is 4.98 Å². The first kappa shape index (κ1) is 26.3. The minimum atomic E-state index is -1.26. The minimum absolute atomic E-state index is 0. The average molecular weight is 508 g/mol. The standard InChI is InChI=1S/C29H21ClFNO3.Na/c1-17(29(33)34)35-28-23-5-3-2-4-19(23)9-10-20-8-6-18(14-24(20)28)7-12-22-13-11-21-15-26(31)25(30)16-27(21)32-22;/h2-17,28H,1H3,(H,33,34);/q;+1/p-1/b12-7+;/t17-,28?;/m0./s1. The number of hydrogen-bond donors (Lipinski definition) is 0. The molecule has 36 heavy (non-hydrogen) atoms. The van der Waals surface area contributed by atoms with Crippen molar-refractivity contribution in [3.8, 4) is 0 Å². The van der Waals surface area contributed by atoms with Gasteiger partial charge in [0.1, 0.15) is 11.9 Å². The molecule has 0 radical (unpaired) electrons. The van der Waals surface area contributed by atoms with Crippen LogP contribution in [0.4, 0.5) is 4.39 Å². The molecule has 4 aromatic rings. The average Bonchev–Trinajstić information content (AvgIpc) is 3.00. The Hall–Kier alpha value is -2.80. The zero-order chi connectivity index (χ0) is 24.5. The van der Waals surface area contributed by atoms with Crippen molar-refractivity contribution in [2.75, 3.05) is 0 Å². The van der Waals surface area contributed by atoms with Crippen molar-refractivity contribution < 1.29 is 48.6 Å². The summed E-state index contributed by atoms with van der Waals surface area (Å²) < 4.78 is 19.7. The van der Waals surface area contributed by atoms with E-state index in [4.69, 9.17) is 16.3 Å². The number of carbonyl (C=O) groups excluding carboxylic acids is 1. The van der Waals surface area contributed by atoms with Gasteiger partial charge in [-0.05, 0) is 65.1 Å². The zero-order valence-electron chi connectivity index (χ0n) is 19.7. The van der Waals surface area contributed by atoms with Crippen molar-refractivity contribution in [3.63, 3.8) is 0 Å². The minimum Gasteiger partial charge on any atom is -0.547 e. The topological polar surface area (TPSA) is 62.2 Å². The summed E-state index contributed by atoms with van der Waals surface area (Å²) in [4.78, 5) is 16.0. The van der Waals surface area contributed by atoms with Gasteiger partial charge in [-0.15, -0.1) is 0 Å². The van der Waals surface area contributed by atoms with E-state index in [1.165, 1.54) is 19.1 Å². The van der Waals surface area contributed by atoms with Gasteiger partial charge in [0.25, 0.3) is 0 Å². The van der Waals surface area contributed by atoms with E-state index in [9.17, 15) is 14.3 Å². The third-order valence-electron chi connectivity index (χ3n) is 5.99. The normalized spacial score (nSPS) is 15.1. The number of carbonyl (C=O) groups is 1. The van der Waals surface area contributed by atoms with Crippen LogP contribution < -0.4 is 34.7 Å². The fourth-order valence-corrected chi connectivity index (χ4v) is 4.30. The van der Waals surface area contributed by atoms with E-state index in [0.29, 0.717) is 16.6 Å². The van der Waals surface area contributed by atoms with Crippen LogP contribution in [0, 0.1) is 5.82 Å². The molecule has 0 amide bonds. The molecule has 1 aliphatic rings. The fraction of sp³-hybridized carbons (Fsp3) is 0.103. The van der Waals surface area contributed by atoms with Gasteiger partial charge in [-0.3, -0.25) is 0 Å². The molecule has 7 heteroatoms. The predicted molar refractivity (Wildman–Crippen MR) is 135 cm³/mol. The smallest absolute Gasteiger partial charge is 0.547 e. The number of carboxylic acid groups (broad SMARTS) is 1. The van der Waals surface area contributed by atoms with Crippen LogP contribution in [-0.2, 0) is 9.53 Å². The Balaban J connectivity index is 0.00000304. The summed E-state index contributed by atoms with van der Waals surface area (Å²) in [5.74, 6) is -1.74. The maximum absolute atomic E-state index is 13.7. The third kappa shape index (κ3) is 5.46. The van der Waals surface area contributed by atoms with Crippen LogP contribution in [0.3, 0.4) is 0 Å². The van der Waals surface area contributed by atoms with Crippen LogP contribution in [0.15, 0.2) is 66.7 Å². The molecule has 5 rings (SSSR count). The molecule has 1 unspecified atom stereocenters. The first-order valence-electron chi connectivity index (χ1n) is 11.1. The molecule has 0 saturated carbocycles. The Morgan fingerprint density at radius 3 is 2.56 bits per heavy atom. The van der Waals surface area contributed by atoms with Crippen molar-refractivity contribution in [2.24, 2.45) is 0 Å². The first-order valence-corrected chi connectivity index (χ1v) is 11.5. The summed E-state index contributed by atoms with van der Waals surface area (Å²) >= 11 is 5.91. The number of aromatic nitrogens is 1. The maximum Gasteiger partial charge on any atom is 1.00 e. The van der Waals surface area contributed by atoms with Gasteiger partial charge in [0, 0.05) is 5.39 Å². The van der Waals surface area contributed by atoms with E-state index in [1.54, 1.807) is 6.07 Å². The Labute approximate surface area is 235 Å². The predicted octanol–water partition coefficient (Wildman–Crippen LogP) is 2.93. The maximum atomic E-state index is 13.7. The van der Waals surface area contributed by atoms with E-state index < -0.39 is 24.0 Å². The molecule has 174 valence electrons. The van der Waals surface area contributed by atoms with E-state index in [-0.39, 0.29) is 34.6 Å². The number of benzene rings is 3. The number of fused-ring (bicyclic) bond motifs is 3. The SMILES string of the molecule is C[C@H](OC1c2ccccc2C=Cc2ccc(/C=C/c3ccc4cc(F)c(Cl)cc4n3)cc21)C(=O)[O-].[Na+]. The quantitative estimate of drug-likeness (QED) is 0.390. The molecule has 0 fully saturated rings. The van der Waals surface area contributed by atoms with E-state index in [1.807, 2.05) is 72.8 Å². The third-order valence-corrected chi connectivity index (χ3v) is 6.28. The van der Waals surface area contributed by atoms with E-state index >= 15 is 0 Å². The van der Waals surface area contributed by atoms with E-state index in [2.05, 4.69) is 4.98 Å². The van der Waals surface area contributed by atoms with Crippen LogP contribution >= 0.6 is 11.6 Å². The summed E-state index contributed by atoms with van der Waals surface area (Å²) in [5, 5.41) is 12.1. The number of ether oxygens (including phenoxy) is 1. The van der Waals surface area contributed by atoms with Crippen LogP contribution in [0.2, 0.25) is 5.02 Å². The van der Waals surface area contributed by atoms with Gasteiger partial charge in [0.2, 0.25) is 0 Å². The van der Waals surface area contributed by atoms with Gasteiger partial charge in [-0.1, -0.05) is 72.3 Å². The summed E-state index contributed by atoms with van der Waals surface area (Å²) in [6.45, 7) is 1.48. The Kier molecular flexibility index (Phi) is 8.08. The second-order valence-corrected chi connectivity index (χ2v) is 8.76. The van der Waals surface area contributed by atoms with Crippen LogP contribution in [-0.4, -0.2) is 17.1 Å². The number of hydrogen-bond acceptors (Lipinski definition) is 4. The number of halogens is 2. The number of carboxylic acids is 1. The number of pyridine rings is 1. The summed E-state index contributed by atoms with van der Waals surface area (Å²) in [6, 6.07) is 20.2. The van der Waals surface area contributed by atoms with Gasteiger partial charge in [-0.25, -0.2) is 9.37 Å².